The van der Waals surface area contributed by atoms with E-state index in [9.17, 15) is 0 Å². The fraction of sp³-hybridized carbons (Fsp3) is 1.00. The number of nitrogens with one attached hydrogen (secondary N) is 2. The molecule has 1 aliphatic carbocycles. The Morgan fingerprint density at radius 1 is 1.33 bits per heavy atom. The predicted octanol–water partition coefficient (Wildman–Crippen LogP) is 0.363. The zero-order chi connectivity index (χ0) is 8.81. The second-order valence-electron chi connectivity index (χ2n) is 3.33. The van der Waals surface area contributed by atoms with Crippen LogP contribution in [0.15, 0.2) is 0 Å². The summed E-state index contributed by atoms with van der Waals surface area (Å²) in [5, 5.41) is 6.76. The first-order valence-corrected chi connectivity index (χ1v) is 4.83. The van der Waals surface area contributed by atoms with Gasteiger partial charge in [0, 0.05) is 26.2 Å². The summed E-state index contributed by atoms with van der Waals surface area (Å²) in [5.74, 6) is 0. The van der Waals surface area contributed by atoms with E-state index in [1.54, 1.807) is 7.11 Å². The van der Waals surface area contributed by atoms with Crippen molar-refractivity contribution >= 4 is 0 Å². The van der Waals surface area contributed by atoms with E-state index in [-0.39, 0.29) is 0 Å². The lowest BCUT2D eigenvalue weighted by atomic mass is 9.89. The molecule has 0 aromatic carbocycles. The van der Waals surface area contributed by atoms with Gasteiger partial charge in [0.2, 0.25) is 0 Å². The highest BCUT2D eigenvalue weighted by Crippen LogP contribution is 2.21. The number of likely N-dealkylation sites (N-methyl/N-ethyl adjacent to an activating group) is 1. The molecular formula is C9H20N2O. The first kappa shape index (κ1) is 9.96. The standard InChI is InChI=1S/C9H20N2O/c1-3-10-4-5-11-8-6-9(7-8)12-2/h8-11H,3-7H2,1-2H3. The predicted molar refractivity (Wildman–Crippen MR) is 50.4 cm³/mol. The van der Waals surface area contributed by atoms with Gasteiger partial charge in [-0.3, -0.25) is 0 Å². The molecule has 1 saturated carbocycles. The average molecular weight is 172 g/mol. The number of hydrogen-bond acceptors (Lipinski definition) is 3. The Labute approximate surface area is 74.9 Å². The highest BCUT2D eigenvalue weighted by Gasteiger charge is 2.27. The van der Waals surface area contributed by atoms with Gasteiger partial charge in [-0.2, -0.15) is 0 Å². The van der Waals surface area contributed by atoms with E-state index >= 15 is 0 Å². The highest BCUT2D eigenvalue weighted by molar-refractivity contribution is 4.85. The Morgan fingerprint density at radius 2 is 2.08 bits per heavy atom. The van der Waals surface area contributed by atoms with Crippen LogP contribution in [0.5, 0.6) is 0 Å². The minimum atomic E-state index is 0.515. The van der Waals surface area contributed by atoms with Gasteiger partial charge in [-0.05, 0) is 19.4 Å². The smallest absolute Gasteiger partial charge is 0.0601 e. The molecule has 0 unspecified atom stereocenters. The van der Waals surface area contributed by atoms with Crippen molar-refractivity contribution in [3.05, 3.63) is 0 Å². The molecule has 0 atom stereocenters. The van der Waals surface area contributed by atoms with Crippen LogP contribution in [-0.2, 0) is 4.74 Å². The van der Waals surface area contributed by atoms with Gasteiger partial charge < -0.3 is 15.4 Å². The van der Waals surface area contributed by atoms with E-state index in [0.717, 1.165) is 19.6 Å². The van der Waals surface area contributed by atoms with Gasteiger partial charge in [-0.1, -0.05) is 6.92 Å². The summed E-state index contributed by atoms with van der Waals surface area (Å²) in [6.07, 6.45) is 2.88. The van der Waals surface area contributed by atoms with E-state index in [0.29, 0.717) is 12.1 Å². The zero-order valence-corrected chi connectivity index (χ0v) is 8.10. The molecule has 1 fully saturated rings. The van der Waals surface area contributed by atoms with Crippen LogP contribution in [0.1, 0.15) is 19.8 Å². The fourth-order valence-electron chi connectivity index (χ4n) is 1.47. The van der Waals surface area contributed by atoms with Crippen LogP contribution < -0.4 is 10.6 Å². The molecule has 72 valence electrons. The van der Waals surface area contributed by atoms with E-state index in [1.165, 1.54) is 12.8 Å². The van der Waals surface area contributed by atoms with Gasteiger partial charge in [0.1, 0.15) is 0 Å². The summed E-state index contributed by atoms with van der Waals surface area (Å²) in [6.45, 7) is 5.34. The molecule has 12 heavy (non-hydrogen) atoms. The lowest BCUT2D eigenvalue weighted by Gasteiger charge is -2.34. The molecule has 0 bridgehead atoms. The molecule has 0 radical (unpaired) electrons. The summed E-state index contributed by atoms with van der Waals surface area (Å²) < 4.78 is 5.19. The van der Waals surface area contributed by atoms with Crippen molar-refractivity contribution in [2.45, 2.75) is 31.9 Å². The highest BCUT2D eigenvalue weighted by atomic mass is 16.5. The summed E-state index contributed by atoms with van der Waals surface area (Å²) in [6, 6.07) is 0.702. The van der Waals surface area contributed by atoms with Crippen molar-refractivity contribution in [3.8, 4) is 0 Å². The Hall–Kier alpha value is -0.120. The molecule has 0 heterocycles. The number of hydrogen-bond donors (Lipinski definition) is 2. The van der Waals surface area contributed by atoms with Crippen LogP contribution in [0, 0.1) is 0 Å². The van der Waals surface area contributed by atoms with Crippen LogP contribution >= 0.6 is 0 Å². The van der Waals surface area contributed by atoms with Crippen molar-refractivity contribution in [1.82, 2.24) is 10.6 Å². The summed E-state index contributed by atoms with van der Waals surface area (Å²) >= 11 is 0. The topological polar surface area (TPSA) is 33.3 Å². The van der Waals surface area contributed by atoms with E-state index in [2.05, 4.69) is 17.6 Å². The van der Waals surface area contributed by atoms with Crippen molar-refractivity contribution in [2.75, 3.05) is 26.7 Å². The molecule has 2 N–H and O–H groups in total. The third-order valence-corrected chi connectivity index (χ3v) is 2.41. The summed E-state index contributed by atoms with van der Waals surface area (Å²) in [5.41, 5.74) is 0. The number of methoxy groups -OCH3 is 1. The third kappa shape index (κ3) is 3.09. The number of ether oxygens (including phenoxy) is 1. The Balaban J connectivity index is 1.83. The fourth-order valence-corrected chi connectivity index (χ4v) is 1.47. The van der Waals surface area contributed by atoms with Gasteiger partial charge in [0.15, 0.2) is 0 Å². The first-order valence-electron chi connectivity index (χ1n) is 4.83. The van der Waals surface area contributed by atoms with Crippen molar-refractivity contribution in [1.29, 1.82) is 0 Å². The minimum Gasteiger partial charge on any atom is -0.381 e. The van der Waals surface area contributed by atoms with E-state index in [1.807, 2.05) is 0 Å². The van der Waals surface area contributed by atoms with Gasteiger partial charge >= 0.3 is 0 Å². The van der Waals surface area contributed by atoms with Crippen molar-refractivity contribution < 1.29 is 4.74 Å². The summed E-state index contributed by atoms with van der Waals surface area (Å²) in [4.78, 5) is 0. The van der Waals surface area contributed by atoms with Crippen molar-refractivity contribution in [3.63, 3.8) is 0 Å². The Kier molecular flexibility index (Phi) is 4.58. The monoisotopic (exact) mass is 172 g/mol. The van der Waals surface area contributed by atoms with Gasteiger partial charge in [-0.15, -0.1) is 0 Å². The zero-order valence-electron chi connectivity index (χ0n) is 8.10. The average Bonchev–Trinajstić information content (AvgIpc) is 2.01. The maximum Gasteiger partial charge on any atom is 0.0601 e. The molecule has 1 rings (SSSR count). The molecule has 3 heteroatoms. The Bertz CT molecular complexity index is 113. The lowest BCUT2D eigenvalue weighted by molar-refractivity contribution is 0.0177. The lowest BCUT2D eigenvalue weighted by Crippen LogP contribution is -2.46. The van der Waals surface area contributed by atoms with Crippen LogP contribution in [0.4, 0.5) is 0 Å². The second kappa shape index (κ2) is 5.51. The molecule has 0 aromatic heterocycles. The maximum absolute atomic E-state index is 5.19. The second-order valence-corrected chi connectivity index (χ2v) is 3.33. The molecular weight excluding hydrogens is 152 g/mol. The normalized spacial score (nSPS) is 28.5. The van der Waals surface area contributed by atoms with Crippen LogP contribution in [0.25, 0.3) is 0 Å². The summed E-state index contributed by atoms with van der Waals surface area (Å²) in [7, 11) is 1.79. The van der Waals surface area contributed by atoms with Gasteiger partial charge in [0.25, 0.3) is 0 Å². The van der Waals surface area contributed by atoms with Gasteiger partial charge in [-0.25, -0.2) is 0 Å². The molecule has 0 aromatic rings. The van der Waals surface area contributed by atoms with Crippen molar-refractivity contribution in [2.24, 2.45) is 0 Å². The molecule has 0 spiro atoms. The minimum absolute atomic E-state index is 0.515. The maximum atomic E-state index is 5.19. The van der Waals surface area contributed by atoms with Crippen LogP contribution in [0.3, 0.4) is 0 Å². The van der Waals surface area contributed by atoms with Crippen LogP contribution in [-0.4, -0.2) is 38.9 Å². The molecule has 0 aliphatic heterocycles. The molecule has 3 nitrogen and oxygen atoms in total. The SMILES string of the molecule is CCNCCNC1CC(OC)C1. The quantitative estimate of drug-likeness (QED) is 0.568. The largest absolute Gasteiger partial charge is 0.381 e. The Morgan fingerprint density at radius 3 is 2.67 bits per heavy atom. The van der Waals surface area contributed by atoms with E-state index < -0.39 is 0 Å². The third-order valence-electron chi connectivity index (χ3n) is 2.41. The van der Waals surface area contributed by atoms with E-state index in [4.69, 9.17) is 4.74 Å². The number of rotatable bonds is 6. The molecule has 0 saturated heterocycles. The first-order chi connectivity index (χ1) is 5.86. The molecule has 1 aliphatic rings. The van der Waals surface area contributed by atoms with Gasteiger partial charge in [0.05, 0.1) is 6.10 Å². The molecule has 0 amide bonds. The van der Waals surface area contributed by atoms with Crippen LogP contribution in [0.2, 0.25) is 0 Å².